The highest BCUT2D eigenvalue weighted by atomic mass is 32.2. The molecule has 1 aliphatic carbocycles. The molecule has 2 aliphatic rings. The fraction of sp³-hybridized carbons (Fsp3) is 1.00. The van der Waals surface area contributed by atoms with E-state index in [1.807, 2.05) is 0 Å². The molecule has 4 nitrogen and oxygen atoms in total. The molecule has 5 heteroatoms. The number of sulfonamides is 1. The van der Waals surface area contributed by atoms with Gasteiger partial charge < -0.3 is 0 Å². The zero-order valence-electron chi connectivity index (χ0n) is 10.1. The molecule has 0 bridgehead atoms. The Morgan fingerprint density at radius 1 is 1.06 bits per heavy atom. The van der Waals surface area contributed by atoms with Crippen molar-refractivity contribution in [3.63, 3.8) is 0 Å². The summed E-state index contributed by atoms with van der Waals surface area (Å²) in [5, 5.41) is 0. The van der Waals surface area contributed by atoms with Crippen molar-refractivity contribution in [2.45, 2.75) is 38.6 Å². The van der Waals surface area contributed by atoms with Crippen molar-refractivity contribution in [1.82, 2.24) is 9.21 Å². The predicted octanol–water partition coefficient (Wildman–Crippen LogP) is 0.896. The van der Waals surface area contributed by atoms with E-state index in [4.69, 9.17) is 0 Å². The Morgan fingerprint density at radius 2 is 1.62 bits per heavy atom. The average Bonchev–Trinajstić information content (AvgIpc) is 2.83. The summed E-state index contributed by atoms with van der Waals surface area (Å²) in [4.78, 5) is 2.48. The van der Waals surface area contributed by atoms with Gasteiger partial charge in [-0.05, 0) is 19.8 Å². The third-order valence-electron chi connectivity index (χ3n) is 3.87. The van der Waals surface area contributed by atoms with Crippen molar-refractivity contribution in [1.29, 1.82) is 0 Å². The van der Waals surface area contributed by atoms with Crippen molar-refractivity contribution < 1.29 is 8.42 Å². The standard InChI is InChI=1S/C11H22N2O2S/c1-2-16(14,15)13-9-7-12(8-10-13)11-5-3-4-6-11/h11H,2-10H2,1H3. The average molecular weight is 246 g/mol. The first-order valence-corrected chi connectivity index (χ1v) is 7.96. The molecular weight excluding hydrogens is 224 g/mol. The van der Waals surface area contributed by atoms with Gasteiger partial charge in [-0.25, -0.2) is 8.42 Å². The first kappa shape index (κ1) is 12.3. The monoisotopic (exact) mass is 246 g/mol. The first-order chi connectivity index (χ1) is 7.63. The van der Waals surface area contributed by atoms with Crippen molar-refractivity contribution in [2.75, 3.05) is 31.9 Å². The topological polar surface area (TPSA) is 40.6 Å². The van der Waals surface area contributed by atoms with Crippen LogP contribution in [0.2, 0.25) is 0 Å². The molecule has 0 aromatic rings. The van der Waals surface area contributed by atoms with E-state index in [2.05, 4.69) is 4.90 Å². The maximum Gasteiger partial charge on any atom is 0.213 e. The normalized spacial score (nSPS) is 26.3. The molecule has 0 aromatic carbocycles. The van der Waals surface area contributed by atoms with E-state index in [1.165, 1.54) is 25.7 Å². The number of hydrogen-bond donors (Lipinski definition) is 0. The second-order valence-electron chi connectivity index (χ2n) is 4.77. The molecule has 2 fully saturated rings. The van der Waals surface area contributed by atoms with Crippen molar-refractivity contribution >= 4 is 10.0 Å². The SMILES string of the molecule is CCS(=O)(=O)N1CCN(C2CCCC2)CC1. The van der Waals surface area contributed by atoms with Crippen LogP contribution in [0.4, 0.5) is 0 Å². The lowest BCUT2D eigenvalue weighted by Crippen LogP contribution is -2.51. The minimum atomic E-state index is -2.96. The molecule has 1 saturated carbocycles. The van der Waals surface area contributed by atoms with Crippen LogP contribution in [0.5, 0.6) is 0 Å². The Bertz CT molecular complexity index is 315. The lowest BCUT2D eigenvalue weighted by atomic mass is 10.2. The summed E-state index contributed by atoms with van der Waals surface area (Å²) in [5.41, 5.74) is 0. The van der Waals surface area contributed by atoms with Gasteiger partial charge in [-0.1, -0.05) is 12.8 Å². The molecule has 0 atom stereocenters. The third-order valence-corrected chi connectivity index (χ3v) is 5.75. The van der Waals surface area contributed by atoms with Gasteiger partial charge in [-0.15, -0.1) is 0 Å². The van der Waals surface area contributed by atoms with Crippen LogP contribution >= 0.6 is 0 Å². The molecule has 0 aromatic heterocycles. The van der Waals surface area contributed by atoms with E-state index in [0.717, 1.165) is 19.1 Å². The molecule has 0 spiro atoms. The van der Waals surface area contributed by atoms with Gasteiger partial charge in [-0.2, -0.15) is 4.31 Å². The van der Waals surface area contributed by atoms with Crippen molar-refractivity contribution in [3.05, 3.63) is 0 Å². The summed E-state index contributed by atoms with van der Waals surface area (Å²) < 4.78 is 25.0. The van der Waals surface area contributed by atoms with Crippen LogP contribution in [0.15, 0.2) is 0 Å². The summed E-state index contributed by atoms with van der Waals surface area (Å²) >= 11 is 0. The van der Waals surface area contributed by atoms with Crippen LogP contribution in [0.3, 0.4) is 0 Å². The van der Waals surface area contributed by atoms with Gasteiger partial charge in [0, 0.05) is 32.2 Å². The van der Waals surface area contributed by atoms with Crippen LogP contribution in [0.1, 0.15) is 32.6 Å². The Kier molecular flexibility index (Phi) is 3.87. The molecule has 0 amide bonds. The number of piperazine rings is 1. The van der Waals surface area contributed by atoms with Crippen LogP contribution < -0.4 is 0 Å². The van der Waals surface area contributed by atoms with Gasteiger partial charge in [-0.3, -0.25) is 4.90 Å². The predicted molar refractivity (Wildman–Crippen MR) is 64.9 cm³/mol. The summed E-state index contributed by atoms with van der Waals surface area (Å²) in [6, 6.07) is 0.728. The summed E-state index contributed by atoms with van der Waals surface area (Å²) in [6.07, 6.45) is 5.30. The minimum absolute atomic E-state index is 0.233. The quantitative estimate of drug-likeness (QED) is 0.743. The van der Waals surface area contributed by atoms with E-state index >= 15 is 0 Å². The number of hydrogen-bond acceptors (Lipinski definition) is 3. The molecule has 2 rings (SSSR count). The van der Waals surface area contributed by atoms with Gasteiger partial charge in [0.15, 0.2) is 0 Å². The fourth-order valence-electron chi connectivity index (χ4n) is 2.80. The summed E-state index contributed by atoms with van der Waals surface area (Å²) in [6.45, 7) is 4.94. The van der Waals surface area contributed by atoms with Crippen LogP contribution in [-0.2, 0) is 10.0 Å². The molecule has 94 valence electrons. The molecule has 0 radical (unpaired) electrons. The van der Waals surface area contributed by atoms with Gasteiger partial charge in [0.05, 0.1) is 5.75 Å². The molecule has 0 unspecified atom stereocenters. The second kappa shape index (κ2) is 5.02. The van der Waals surface area contributed by atoms with Gasteiger partial charge >= 0.3 is 0 Å². The van der Waals surface area contributed by atoms with Crippen LogP contribution in [0.25, 0.3) is 0 Å². The molecule has 16 heavy (non-hydrogen) atoms. The van der Waals surface area contributed by atoms with Gasteiger partial charge in [0.25, 0.3) is 0 Å². The van der Waals surface area contributed by atoms with E-state index < -0.39 is 10.0 Å². The maximum atomic E-state index is 11.7. The van der Waals surface area contributed by atoms with Gasteiger partial charge in [0.1, 0.15) is 0 Å². The van der Waals surface area contributed by atoms with E-state index in [-0.39, 0.29) is 5.75 Å². The third kappa shape index (κ3) is 2.57. The fourth-order valence-corrected chi connectivity index (χ4v) is 3.88. The Hall–Kier alpha value is -0.130. The lowest BCUT2D eigenvalue weighted by molar-refractivity contribution is 0.139. The highest BCUT2D eigenvalue weighted by molar-refractivity contribution is 7.89. The van der Waals surface area contributed by atoms with E-state index in [0.29, 0.717) is 13.1 Å². The Morgan fingerprint density at radius 3 is 2.12 bits per heavy atom. The Balaban J connectivity index is 1.87. The highest BCUT2D eigenvalue weighted by Crippen LogP contribution is 2.24. The molecule has 1 heterocycles. The van der Waals surface area contributed by atoms with Crippen LogP contribution in [-0.4, -0.2) is 55.6 Å². The number of rotatable bonds is 3. The number of nitrogens with zero attached hydrogens (tertiary/aromatic N) is 2. The van der Waals surface area contributed by atoms with E-state index in [1.54, 1.807) is 11.2 Å². The largest absolute Gasteiger partial charge is 0.298 e. The van der Waals surface area contributed by atoms with Gasteiger partial charge in [0.2, 0.25) is 10.0 Å². The lowest BCUT2D eigenvalue weighted by Gasteiger charge is -2.37. The molecular formula is C11H22N2O2S. The molecule has 0 N–H and O–H groups in total. The highest BCUT2D eigenvalue weighted by Gasteiger charge is 2.29. The smallest absolute Gasteiger partial charge is 0.213 e. The maximum absolute atomic E-state index is 11.7. The second-order valence-corrected chi connectivity index (χ2v) is 7.03. The summed E-state index contributed by atoms with van der Waals surface area (Å²) in [5.74, 6) is 0.233. The molecule has 1 saturated heterocycles. The van der Waals surface area contributed by atoms with Crippen LogP contribution in [0, 0.1) is 0 Å². The zero-order valence-corrected chi connectivity index (χ0v) is 10.9. The summed E-state index contributed by atoms with van der Waals surface area (Å²) in [7, 11) is -2.96. The van der Waals surface area contributed by atoms with Crippen molar-refractivity contribution in [3.8, 4) is 0 Å². The molecule has 1 aliphatic heterocycles. The minimum Gasteiger partial charge on any atom is -0.298 e. The zero-order chi connectivity index (χ0) is 11.6. The first-order valence-electron chi connectivity index (χ1n) is 6.35. The van der Waals surface area contributed by atoms with E-state index in [9.17, 15) is 8.42 Å². The van der Waals surface area contributed by atoms with Crippen molar-refractivity contribution in [2.24, 2.45) is 0 Å². The Labute approximate surface area is 98.7 Å².